The molecule has 0 bridgehead atoms. The monoisotopic (exact) mass is 560 g/mol. The van der Waals surface area contributed by atoms with Crippen LogP contribution in [0.25, 0.3) is 0 Å². The van der Waals surface area contributed by atoms with Crippen molar-refractivity contribution in [3.63, 3.8) is 0 Å². The Balaban J connectivity index is 1.64. The average molecular weight is 561 g/mol. The van der Waals surface area contributed by atoms with E-state index in [1.807, 2.05) is 42.5 Å². The highest BCUT2D eigenvalue weighted by Crippen LogP contribution is 2.54. The van der Waals surface area contributed by atoms with Crippen LogP contribution in [0.2, 0.25) is 5.02 Å². The predicted molar refractivity (Wildman–Crippen MR) is 157 cm³/mol. The van der Waals surface area contributed by atoms with Crippen LogP contribution in [0.15, 0.2) is 71.7 Å². The zero-order valence-electron chi connectivity index (χ0n) is 24.0. The topological polar surface area (TPSA) is 61.8 Å². The molecule has 3 aliphatic rings. The number of allylic oxidation sites excluding steroid dienone is 5. The maximum Gasteiger partial charge on any atom is 0.165 e. The number of carbonyl (C=O) groups is 2. The van der Waals surface area contributed by atoms with Gasteiger partial charge in [0, 0.05) is 53.3 Å². The molecule has 5 nitrogen and oxygen atoms in total. The highest BCUT2D eigenvalue weighted by Gasteiger charge is 2.48. The SMILES string of the molecule is C=CCc1cc(C2C3=C(CC(C)(C)CC3=O)OC3=C2C(=O)CC(C)(C)C3)cc(OC)c1OCc1cccc(Cl)c1. The quantitative estimate of drug-likeness (QED) is 0.320. The van der Waals surface area contributed by atoms with Crippen molar-refractivity contribution in [2.24, 2.45) is 10.8 Å². The third-order valence-electron chi connectivity index (χ3n) is 7.93. The maximum atomic E-state index is 13.7. The molecular weight excluding hydrogens is 524 g/mol. The number of rotatable bonds is 7. The fourth-order valence-electron chi connectivity index (χ4n) is 6.26. The van der Waals surface area contributed by atoms with E-state index in [4.69, 9.17) is 25.8 Å². The second-order valence-electron chi connectivity index (χ2n) is 12.7. The van der Waals surface area contributed by atoms with E-state index in [0.29, 0.717) is 77.9 Å². The van der Waals surface area contributed by atoms with Crippen LogP contribution in [-0.2, 0) is 27.4 Å². The van der Waals surface area contributed by atoms with E-state index < -0.39 is 5.92 Å². The van der Waals surface area contributed by atoms with Gasteiger partial charge in [-0.05, 0) is 46.6 Å². The van der Waals surface area contributed by atoms with Crippen molar-refractivity contribution in [3.8, 4) is 11.5 Å². The van der Waals surface area contributed by atoms with Crippen molar-refractivity contribution in [2.75, 3.05) is 7.11 Å². The average Bonchev–Trinajstić information content (AvgIpc) is 2.85. The number of hydrogen-bond acceptors (Lipinski definition) is 5. The van der Waals surface area contributed by atoms with Crippen molar-refractivity contribution in [1.29, 1.82) is 0 Å². The van der Waals surface area contributed by atoms with Crippen LogP contribution >= 0.6 is 11.6 Å². The third kappa shape index (κ3) is 5.49. The zero-order valence-corrected chi connectivity index (χ0v) is 24.7. The van der Waals surface area contributed by atoms with E-state index in [2.05, 4.69) is 34.3 Å². The van der Waals surface area contributed by atoms with Gasteiger partial charge in [-0.15, -0.1) is 6.58 Å². The van der Waals surface area contributed by atoms with Crippen LogP contribution in [0.3, 0.4) is 0 Å². The first-order valence-electron chi connectivity index (χ1n) is 13.8. The summed E-state index contributed by atoms with van der Waals surface area (Å²) in [5, 5.41) is 0.642. The minimum absolute atomic E-state index is 0.0333. The summed E-state index contributed by atoms with van der Waals surface area (Å²) < 4.78 is 18.6. The Hall–Kier alpha value is -3.31. The third-order valence-corrected chi connectivity index (χ3v) is 8.16. The summed E-state index contributed by atoms with van der Waals surface area (Å²) in [6.45, 7) is 12.6. The van der Waals surface area contributed by atoms with E-state index in [0.717, 1.165) is 16.7 Å². The van der Waals surface area contributed by atoms with Gasteiger partial charge in [-0.1, -0.05) is 63.6 Å². The Labute approximate surface area is 241 Å². The van der Waals surface area contributed by atoms with Gasteiger partial charge in [0.2, 0.25) is 0 Å². The van der Waals surface area contributed by atoms with Gasteiger partial charge in [0.25, 0.3) is 0 Å². The highest BCUT2D eigenvalue weighted by atomic mass is 35.5. The van der Waals surface area contributed by atoms with Gasteiger partial charge >= 0.3 is 0 Å². The number of carbonyl (C=O) groups excluding carboxylic acids is 2. The van der Waals surface area contributed by atoms with Crippen LogP contribution in [0.4, 0.5) is 0 Å². The molecule has 6 heteroatoms. The Kier molecular flexibility index (Phi) is 7.47. The summed E-state index contributed by atoms with van der Waals surface area (Å²) in [5.74, 6) is 2.09. The number of halogens is 1. The molecule has 210 valence electrons. The Morgan fingerprint density at radius 1 is 0.975 bits per heavy atom. The van der Waals surface area contributed by atoms with E-state index in [1.165, 1.54) is 0 Å². The zero-order chi connectivity index (χ0) is 28.8. The van der Waals surface area contributed by atoms with Gasteiger partial charge in [-0.3, -0.25) is 9.59 Å². The Morgan fingerprint density at radius 2 is 1.60 bits per heavy atom. The summed E-state index contributed by atoms with van der Waals surface area (Å²) in [7, 11) is 1.60. The molecule has 0 fully saturated rings. The summed E-state index contributed by atoms with van der Waals surface area (Å²) in [5.41, 5.74) is 3.41. The number of Topliss-reactive ketones (excluding diaryl/α,β-unsaturated/α-hetero) is 2. The van der Waals surface area contributed by atoms with Crippen LogP contribution in [0.5, 0.6) is 11.5 Å². The van der Waals surface area contributed by atoms with E-state index in [-0.39, 0.29) is 22.4 Å². The number of benzene rings is 2. The first-order chi connectivity index (χ1) is 18.9. The molecule has 2 aromatic carbocycles. The van der Waals surface area contributed by atoms with Gasteiger partial charge in [0.1, 0.15) is 18.1 Å². The number of ether oxygens (including phenoxy) is 3. The van der Waals surface area contributed by atoms with Crippen LogP contribution in [0, 0.1) is 10.8 Å². The molecule has 0 saturated heterocycles. The van der Waals surface area contributed by atoms with Crippen molar-refractivity contribution in [2.45, 2.75) is 72.3 Å². The number of methoxy groups -OCH3 is 1. The minimum atomic E-state index is -0.509. The van der Waals surface area contributed by atoms with E-state index >= 15 is 0 Å². The molecule has 5 rings (SSSR count). The molecule has 1 aliphatic heterocycles. The van der Waals surface area contributed by atoms with E-state index in [1.54, 1.807) is 7.11 Å². The van der Waals surface area contributed by atoms with Crippen LogP contribution in [-0.4, -0.2) is 18.7 Å². The summed E-state index contributed by atoms with van der Waals surface area (Å²) in [6.07, 6.45) is 4.45. The molecule has 2 aromatic rings. The molecule has 1 heterocycles. The lowest BCUT2D eigenvalue weighted by molar-refractivity contribution is -0.120. The Bertz CT molecular complexity index is 1410. The molecule has 0 saturated carbocycles. The molecule has 2 aliphatic carbocycles. The van der Waals surface area contributed by atoms with Gasteiger partial charge in [-0.25, -0.2) is 0 Å². The fourth-order valence-corrected chi connectivity index (χ4v) is 6.48. The molecular formula is C34H37ClO5. The predicted octanol–water partition coefficient (Wildman–Crippen LogP) is 8.06. The lowest BCUT2D eigenvalue weighted by Gasteiger charge is -2.42. The largest absolute Gasteiger partial charge is 0.493 e. The first kappa shape index (κ1) is 28.2. The molecule has 0 unspecified atom stereocenters. The minimum Gasteiger partial charge on any atom is -0.493 e. The number of hydrogen-bond donors (Lipinski definition) is 0. The first-order valence-corrected chi connectivity index (χ1v) is 14.2. The lowest BCUT2D eigenvalue weighted by Crippen LogP contribution is -2.37. The molecule has 0 radical (unpaired) electrons. The fraction of sp³-hybridized carbons (Fsp3) is 0.412. The van der Waals surface area contributed by atoms with Crippen molar-refractivity contribution in [3.05, 3.63) is 93.4 Å². The molecule has 0 amide bonds. The Morgan fingerprint density at radius 3 is 2.15 bits per heavy atom. The normalized spacial score (nSPS) is 20.1. The molecule has 0 atom stereocenters. The summed E-state index contributed by atoms with van der Waals surface area (Å²) in [6, 6.07) is 11.5. The summed E-state index contributed by atoms with van der Waals surface area (Å²) >= 11 is 6.18. The van der Waals surface area contributed by atoms with E-state index in [9.17, 15) is 9.59 Å². The second kappa shape index (κ2) is 10.6. The van der Waals surface area contributed by atoms with Crippen molar-refractivity contribution in [1.82, 2.24) is 0 Å². The maximum absolute atomic E-state index is 13.7. The molecule has 0 spiro atoms. The molecule has 0 aromatic heterocycles. The highest BCUT2D eigenvalue weighted by molar-refractivity contribution is 6.30. The standard InChI is InChI=1S/C34H37ClO5/c1-7-9-21-13-22(14-26(38-6)32(21)39-19-20-10-8-11-23(35)12-20)29-30-24(36)15-33(2,3)17-27(30)40-28-18-34(4,5)16-25(37)31(28)29/h7-8,10-14,29H,1,9,15-19H2,2-6H3. The smallest absolute Gasteiger partial charge is 0.165 e. The lowest BCUT2D eigenvalue weighted by atomic mass is 9.65. The second-order valence-corrected chi connectivity index (χ2v) is 13.1. The van der Waals surface area contributed by atoms with Crippen molar-refractivity contribution < 1.29 is 23.8 Å². The van der Waals surface area contributed by atoms with Gasteiger partial charge < -0.3 is 14.2 Å². The van der Waals surface area contributed by atoms with Crippen LogP contribution < -0.4 is 9.47 Å². The van der Waals surface area contributed by atoms with Gasteiger partial charge in [-0.2, -0.15) is 0 Å². The molecule has 0 N–H and O–H groups in total. The summed E-state index contributed by atoms with van der Waals surface area (Å²) in [4.78, 5) is 27.4. The van der Waals surface area contributed by atoms with Crippen molar-refractivity contribution >= 4 is 23.2 Å². The number of ketones is 2. The van der Waals surface area contributed by atoms with Gasteiger partial charge in [0.15, 0.2) is 23.1 Å². The molecule has 40 heavy (non-hydrogen) atoms. The van der Waals surface area contributed by atoms with Crippen LogP contribution in [0.1, 0.15) is 76.0 Å². The van der Waals surface area contributed by atoms with Gasteiger partial charge in [0.05, 0.1) is 7.11 Å².